The van der Waals surface area contributed by atoms with E-state index in [2.05, 4.69) is 35.0 Å². The van der Waals surface area contributed by atoms with E-state index < -0.39 is 5.54 Å². The predicted molar refractivity (Wildman–Crippen MR) is 88.1 cm³/mol. The van der Waals surface area contributed by atoms with Crippen molar-refractivity contribution in [3.05, 3.63) is 55.1 Å². The lowest BCUT2D eigenvalue weighted by molar-refractivity contribution is 0.495. The van der Waals surface area contributed by atoms with Gasteiger partial charge in [0, 0.05) is 31.2 Å². The molecule has 0 aliphatic carbocycles. The molecule has 1 heterocycles. The molecule has 0 fully saturated rings. The van der Waals surface area contributed by atoms with Gasteiger partial charge < -0.3 is 5.73 Å². The second-order valence-corrected chi connectivity index (χ2v) is 7.52. The highest BCUT2D eigenvalue weighted by molar-refractivity contribution is 9.10. The normalized spacial score (nSPS) is 14.4. The fourth-order valence-corrected chi connectivity index (χ4v) is 4.13. The predicted octanol–water partition coefficient (Wildman–Crippen LogP) is 5.14. The average Bonchev–Trinajstić information content (AvgIpc) is 2.75. The zero-order chi connectivity index (χ0) is 14.0. The van der Waals surface area contributed by atoms with Gasteiger partial charge in [0.1, 0.15) is 0 Å². The highest BCUT2D eigenvalue weighted by Crippen LogP contribution is 2.32. The van der Waals surface area contributed by atoms with E-state index in [1.54, 1.807) is 0 Å². The second kappa shape index (κ2) is 5.96. The molecule has 2 N–H and O–H groups in total. The minimum atomic E-state index is -0.451. The Kier molecular flexibility index (Phi) is 4.72. The van der Waals surface area contributed by atoms with E-state index in [0.717, 1.165) is 22.9 Å². The first kappa shape index (κ1) is 15.0. The molecule has 0 spiro atoms. The first-order chi connectivity index (χ1) is 8.92. The van der Waals surface area contributed by atoms with Crippen LogP contribution in [0.1, 0.15) is 29.2 Å². The molecule has 19 heavy (non-hydrogen) atoms. The summed E-state index contributed by atoms with van der Waals surface area (Å²) in [5.41, 5.74) is 7.02. The molecule has 2 rings (SSSR count). The van der Waals surface area contributed by atoms with Crippen LogP contribution >= 0.6 is 38.9 Å². The van der Waals surface area contributed by atoms with E-state index in [4.69, 9.17) is 17.3 Å². The van der Waals surface area contributed by atoms with Crippen LogP contribution in [-0.4, -0.2) is 0 Å². The Morgan fingerprint density at radius 2 is 1.95 bits per heavy atom. The topological polar surface area (TPSA) is 26.0 Å². The summed E-state index contributed by atoms with van der Waals surface area (Å²) >= 11 is 11.6. The quantitative estimate of drug-likeness (QED) is 0.804. The van der Waals surface area contributed by atoms with Crippen LogP contribution < -0.4 is 5.73 Å². The Labute approximate surface area is 131 Å². The van der Waals surface area contributed by atoms with Gasteiger partial charge in [0.25, 0.3) is 0 Å². The molecule has 0 saturated heterocycles. The lowest BCUT2D eigenvalue weighted by Crippen LogP contribution is -2.35. The van der Waals surface area contributed by atoms with E-state index in [9.17, 15) is 0 Å². The summed E-state index contributed by atoms with van der Waals surface area (Å²) in [5.74, 6) is 0. The third-order valence-electron chi connectivity index (χ3n) is 3.15. The van der Waals surface area contributed by atoms with Gasteiger partial charge in [-0.3, -0.25) is 0 Å². The monoisotopic (exact) mass is 357 g/mol. The molecule has 0 aliphatic heterocycles. The maximum atomic E-state index is 6.48. The molecular formula is C15H17BrClNS. The standard InChI is InChI=1S/C15H17BrClNS/c1-3-11-5-6-12(19-11)9-15(2,18)13-7-4-10(16)8-14(13)17/h4-8H,3,9,18H2,1-2H3. The number of thiophene rings is 1. The summed E-state index contributed by atoms with van der Waals surface area (Å²) in [7, 11) is 0. The lowest BCUT2D eigenvalue weighted by Gasteiger charge is -2.26. The van der Waals surface area contributed by atoms with Gasteiger partial charge in [-0.1, -0.05) is 40.5 Å². The van der Waals surface area contributed by atoms with Crippen molar-refractivity contribution in [1.82, 2.24) is 0 Å². The SMILES string of the molecule is CCc1ccc(CC(C)(N)c2ccc(Br)cc2Cl)s1. The molecule has 1 aromatic heterocycles. The summed E-state index contributed by atoms with van der Waals surface area (Å²) in [6.45, 7) is 4.20. The first-order valence-electron chi connectivity index (χ1n) is 6.24. The second-order valence-electron chi connectivity index (χ2n) is 4.94. The van der Waals surface area contributed by atoms with Crippen LogP contribution in [0.25, 0.3) is 0 Å². The highest BCUT2D eigenvalue weighted by atomic mass is 79.9. The van der Waals surface area contributed by atoms with E-state index in [0.29, 0.717) is 5.02 Å². The zero-order valence-corrected chi connectivity index (χ0v) is 14.2. The minimum absolute atomic E-state index is 0.451. The van der Waals surface area contributed by atoms with E-state index in [1.165, 1.54) is 9.75 Å². The van der Waals surface area contributed by atoms with Gasteiger partial charge in [0.2, 0.25) is 0 Å². The number of benzene rings is 1. The van der Waals surface area contributed by atoms with Crippen LogP contribution in [0.3, 0.4) is 0 Å². The maximum absolute atomic E-state index is 6.48. The zero-order valence-electron chi connectivity index (χ0n) is 11.0. The Balaban J connectivity index is 2.26. The van der Waals surface area contributed by atoms with Crippen molar-refractivity contribution >= 4 is 38.9 Å². The van der Waals surface area contributed by atoms with Crippen molar-refractivity contribution in [2.75, 3.05) is 0 Å². The van der Waals surface area contributed by atoms with E-state index in [1.807, 2.05) is 36.5 Å². The number of rotatable bonds is 4. The molecule has 0 radical (unpaired) electrons. The maximum Gasteiger partial charge on any atom is 0.0467 e. The number of nitrogens with two attached hydrogens (primary N) is 1. The fourth-order valence-electron chi connectivity index (χ4n) is 2.12. The molecular weight excluding hydrogens is 342 g/mol. The van der Waals surface area contributed by atoms with Crippen LogP contribution in [-0.2, 0) is 18.4 Å². The number of aryl methyl sites for hydroxylation is 1. The smallest absolute Gasteiger partial charge is 0.0467 e. The van der Waals surface area contributed by atoms with E-state index in [-0.39, 0.29) is 0 Å². The Morgan fingerprint density at radius 3 is 2.53 bits per heavy atom. The summed E-state index contributed by atoms with van der Waals surface area (Å²) in [6, 6.07) is 10.2. The summed E-state index contributed by atoms with van der Waals surface area (Å²) < 4.78 is 0.974. The number of halogens is 2. The van der Waals surface area contributed by atoms with Crippen LogP contribution in [0.5, 0.6) is 0 Å². The first-order valence-corrected chi connectivity index (χ1v) is 8.23. The van der Waals surface area contributed by atoms with Gasteiger partial charge in [-0.05, 0) is 43.2 Å². The largest absolute Gasteiger partial charge is 0.321 e. The van der Waals surface area contributed by atoms with Crippen molar-refractivity contribution in [3.8, 4) is 0 Å². The molecule has 4 heteroatoms. The number of hydrogen-bond donors (Lipinski definition) is 1. The molecule has 0 amide bonds. The van der Waals surface area contributed by atoms with Crippen LogP contribution in [0.15, 0.2) is 34.8 Å². The molecule has 0 aliphatic rings. The summed E-state index contributed by atoms with van der Waals surface area (Å²) in [4.78, 5) is 2.70. The highest BCUT2D eigenvalue weighted by Gasteiger charge is 2.25. The molecule has 102 valence electrons. The Morgan fingerprint density at radius 1 is 1.26 bits per heavy atom. The van der Waals surface area contributed by atoms with Gasteiger partial charge in [-0.2, -0.15) is 0 Å². The number of hydrogen-bond acceptors (Lipinski definition) is 2. The van der Waals surface area contributed by atoms with Crippen LogP contribution in [0, 0.1) is 0 Å². The summed E-state index contributed by atoms with van der Waals surface area (Å²) in [6.07, 6.45) is 1.88. The molecule has 0 bridgehead atoms. The van der Waals surface area contributed by atoms with Crippen molar-refractivity contribution in [3.63, 3.8) is 0 Å². The van der Waals surface area contributed by atoms with Crippen LogP contribution in [0.4, 0.5) is 0 Å². The molecule has 0 saturated carbocycles. The van der Waals surface area contributed by atoms with E-state index >= 15 is 0 Å². The Hall–Kier alpha value is -0.350. The average molecular weight is 359 g/mol. The van der Waals surface area contributed by atoms with Gasteiger partial charge in [-0.25, -0.2) is 0 Å². The minimum Gasteiger partial charge on any atom is -0.321 e. The Bertz CT molecular complexity index is 577. The van der Waals surface area contributed by atoms with Gasteiger partial charge >= 0.3 is 0 Å². The van der Waals surface area contributed by atoms with Gasteiger partial charge in [-0.15, -0.1) is 11.3 Å². The van der Waals surface area contributed by atoms with Crippen molar-refractivity contribution in [1.29, 1.82) is 0 Å². The third kappa shape index (κ3) is 3.60. The van der Waals surface area contributed by atoms with Gasteiger partial charge in [0.05, 0.1) is 0 Å². The molecule has 1 unspecified atom stereocenters. The fraction of sp³-hybridized carbons (Fsp3) is 0.333. The summed E-state index contributed by atoms with van der Waals surface area (Å²) in [5, 5.41) is 0.714. The van der Waals surface area contributed by atoms with Crippen molar-refractivity contribution in [2.45, 2.75) is 32.2 Å². The molecule has 1 atom stereocenters. The van der Waals surface area contributed by atoms with Crippen LogP contribution in [0.2, 0.25) is 5.02 Å². The molecule has 1 aromatic carbocycles. The lowest BCUT2D eigenvalue weighted by atomic mass is 9.89. The van der Waals surface area contributed by atoms with Crippen molar-refractivity contribution < 1.29 is 0 Å². The van der Waals surface area contributed by atoms with Crippen molar-refractivity contribution in [2.24, 2.45) is 5.73 Å². The molecule has 2 aromatic rings. The van der Waals surface area contributed by atoms with Gasteiger partial charge in [0.15, 0.2) is 0 Å². The molecule has 1 nitrogen and oxygen atoms in total. The third-order valence-corrected chi connectivity index (χ3v) is 5.19.